The fraction of sp³-hybridized carbons (Fsp3) is 0.318. The zero-order valence-corrected chi connectivity index (χ0v) is 17.2. The zero-order valence-electron chi connectivity index (χ0n) is 17.2. The van der Waals surface area contributed by atoms with Crippen LogP contribution in [0.25, 0.3) is 5.76 Å². The number of Topliss-reactive ketones (excluding diaryl/α,β-unsaturated/α-hetero) is 1. The van der Waals surface area contributed by atoms with Crippen LogP contribution in [0.3, 0.4) is 0 Å². The number of nitrogens with zero attached hydrogens (tertiary/aromatic N) is 3. The second-order valence-corrected chi connectivity index (χ2v) is 7.36. The molecule has 1 aliphatic heterocycles. The number of nitro benzene ring substituents is 1. The van der Waals surface area contributed by atoms with Crippen LogP contribution >= 0.6 is 0 Å². The van der Waals surface area contributed by atoms with E-state index in [0.717, 1.165) is 0 Å². The standard InChI is InChI=1S/C22H23N3O6/c1-14(2)31-12-4-11-24-19(16-5-3-10-23-13-16)18(21(27)22(24)28)20(26)15-6-8-17(9-7-15)25(29)30/h3,5-10,13-14,19,26H,4,11-12H2,1-2H3/b20-18-. The fourth-order valence-electron chi connectivity index (χ4n) is 3.45. The van der Waals surface area contributed by atoms with Crippen molar-refractivity contribution in [2.45, 2.75) is 32.4 Å². The number of ketones is 1. The number of pyridine rings is 1. The summed E-state index contributed by atoms with van der Waals surface area (Å²) in [5.41, 5.74) is 0.568. The van der Waals surface area contributed by atoms with Gasteiger partial charge in [-0.25, -0.2) is 0 Å². The number of amides is 1. The van der Waals surface area contributed by atoms with Gasteiger partial charge >= 0.3 is 0 Å². The van der Waals surface area contributed by atoms with Gasteiger partial charge in [-0.2, -0.15) is 0 Å². The third-order valence-electron chi connectivity index (χ3n) is 4.89. The average molecular weight is 425 g/mol. The van der Waals surface area contributed by atoms with Gasteiger partial charge in [0.2, 0.25) is 0 Å². The van der Waals surface area contributed by atoms with Crippen molar-refractivity contribution in [3.05, 3.63) is 75.6 Å². The molecule has 0 bridgehead atoms. The molecule has 1 aromatic carbocycles. The summed E-state index contributed by atoms with van der Waals surface area (Å²) in [6.45, 7) is 4.49. The Balaban J connectivity index is 2.00. The minimum Gasteiger partial charge on any atom is -0.507 e. The van der Waals surface area contributed by atoms with Gasteiger partial charge in [-0.3, -0.25) is 24.7 Å². The van der Waals surface area contributed by atoms with E-state index in [1.165, 1.54) is 35.4 Å². The fourth-order valence-corrected chi connectivity index (χ4v) is 3.45. The summed E-state index contributed by atoms with van der Waals surface area (Å²) in [6, 6.07) is 7.74. The lowest BCUT2D eigenvalue weighted by Crippen LogP contribution is -2.31. The van der Waals surface area contributed by atoms with Crippen molar-refractivity contribution in [1.29, 1.82) is 0 Å². The zero-order chi connectivity index (χ0) is 22.5. The number of hydrogen-bond acceptors (Lipinski definition) is 7. The third-order valence-corrected chi connectivity index (χ3v) is 4.89. The lowest BCUT2D eigenvalue weighted by atomic mass is 9.96. The summed E-state index contributed by atoms with van der Waals surface area (Å²) >= 11 is 0. The van der Waals surface area contributed by atoms with E-state index in [1.807, 2.05) is 13.8 Å². The largest absolute Gasteiger partial charge is 0.507 e. The Morgan fingerprint density at radius 3 is 2.55 bits per heavy atom. The van der Waals surface area contributed by atoms with E-state index in [-0.39, 0.29) is 35.2 Å². The van der Waals surface area contributed by atoms with Crippen LogP contribution in [0.1, 0.15) is 37.4 Å². The van der Waals surface area contributed by atoms with Crippen LogP contribution in [-0.2, 0) is 14.3 Å². The van der Waals surface area contributed by atoms with Crippen molar-refractivity contribution in [3.8, 4) is 0 Å². The molecule has 9 heteroatoms. The molecule has 162 valence electrons. The van der Waals surface area contributed by atoms with Crippen molar-refractivity contribution in [2.75, 3.05) is 13.2 Å². The monoisotopic (exact) mass is 425 g/mol. The Bertz CT molecular complexity index is 1000. The van der Waals surface area contributed by atoms with Crippen molar-refractivity contribution in [1.82, 2.24) is 9.88 Å². The van der Waals surface area contributed by atoms with Crippen LogP contribution in [0, 0.1) is 10.1 Å². The lowest BCUT2D eigenvalue weighted by molar-refractivity contribution is -0.384. The van der Waals surface area contributed by atoms with Gasteiger partial charge in [-0.15, -0.1) is 0 Å². The Labute approximate surface area is 179 Å². The Hall–Kier alpha value is -3.59. The SMILES string of the molecule is CC(C)OCCCN1C(=O)C(=O)/C(=C(\O)c2ccc([N+](=O)[O-])cc2)C1c1cccnc1. The highest BCUT2D eigenvalue weighted by Crippen LogP contribution is 2.39. The number of aliphatic hydroxyl groups excluding tert-OH is 1. The van der Waals surface area contributed by atoms with Crippen LogP contribution in [-0.4, -0.2) is 50.9 Å². The van der Waals surface area contributed by atoms with Crippen molar-refractivity contribution in [3.63, 3.8) is 0 Å². The Kier molecular flexibility index (Phi) is 6.76. The first kappa shape index (κ1) is 22.1. The van der Waals surface area contributed by atoms with E-state index in [9.17, 15) is 24.8 Å². The molecule has 3 rings (SSSR count). The highest BCUT2D eigenvalue weighted by atomic mass is 16.6. The summed E-state index contributed by atoms with van der Waals surface area (Å²) in [4.78, 5) is 41.5. The van der Waals surface area contributed by atoms with Gasteiger partial charge in [-0.05, 0) is 44.0 Å². The van der Waals surface area contributed by atoms with Crippen LogP contribution in [0.4, 0.5) is 5.69 Å². The summed E-state index contributed by atoms with van der Waals surface area (Å²) in [7, 11) is 0. The second-order valence-electron chi connectivity index (χ2n) is 7.36. The smallest absolute Gasteiger partial charge is 0.295 e. The highest BCUT2D eigenvalue weighted by molar-refractivity contribution is 6.46. The van der Waals surface area contributed by atoms with E-state index in [4.69, 9.17) is 4.74 Å². The van der Waals surface area contributed by atoms with Gasteiger partial charge in [0, 0.05) is 43.2 Å². The molecular weight excluding hydrogens is 402 g/mol. The lowest BCUT2D eigenvalue weighted by Gasteiger charge is -2.25. The van der Waals surface area contributed by atoms with Crippen molar-refractivity contribution in [2.24, 2.45) is 0 Å². The number of rotatable bonds is 8. The van der Waals surface area contributed by atoms with Gasteiger partial charge in [0.15, 0.2) is 0 Å². The molecule has 1 saturated heterocycles. The topological polar surface area (TPSA) is 123 Å². The molecule has 1 aromatic heterocycles. The number of aliphatic hydroxyl groups is 1. The number of carbonyl (C=O) groups excluding carboxylic acids is 2. The molecule has 9 nitrogen and oxygen atoms in total. The summed E-state index contributed by atoms with van der Waals surface area (Å²) in [5, 5.41) is 21.8. The normalized spacial score (nSPS) is 18.0. The van der Waals surface area contributed by atoms with E-state index in [0.29, 0.717) is 18.6 Å². The average Bonchev–Trinajstić information content (AvgIpc) is 3.01. The van der Waals surface area contributed by atoms with Crippen LogP contribution in [0.5, 0.6) is 0 Å². The summed E-state index contributed by atoms with van der Waals surface area (Å²) < 4.78 is 5.53. The molecule has 2 heterocycles. The number of aromatic nitrogens is 1. The summed E-state index contributed by atoms with van der Waals surface area (Å²) in [6.07, 6.45) is 3.67. The molecule has 0 aliphatic carbocycles. The third kappa shape index (κ3) is 4.77. The van der Waals surface area contributed by atoms with E-state index < -0.39 is 22.7 Å². The maximum absolute atomic E-state index is 12.9. The number of nitro groups is 1. The minimum absolute atomic E-state index is 0.0478. The molecule has 1 fully saturated rings. The van der Waals surface area contributed by atoms with Crippen molar-refractivity contribution < 1.29 is 24.4 Å². The minimum atomic E-state index is -0.817. The van der Waals surface area contributed by atoms with E-state index >= 15 is 0 Å². The number of non-ortho nitro benzene ring substituents is 1. The molecular formula is C22H23N3O6. The molecule has 1 aliphatic rings. The van der Waals surface area contributed by atoms with E-state index in [2.05, 4.69) is 4.98 Å². The quantitative estimate of drug-likeness (QED) is 0.172. The Morgan fingerprint density at radius 1 is 1.26 bits per heavy atom. The maximum atomic E-state index is 12.9. The molecule has 1 N–H and O–H groups in total. The molecule has 1 amide bonds. The van der Waals surface area contributed by atoms with Gasteiger partial charge in [0.1, 0.15) is 5.76 Å². The maximum Gasteiger partial charge on any atom is 0.295 e. The molecule has 2 aromatic rings. The second kappa shape index (κ2) is 9.48. The van der Waals surface area contributed by atoms with Gasteiger partial charge < -0.3 is 14.7 Å². The number of likely N-dealkylation sites (tertiary alicyclic amines) is 1. The number of benzene rings is 1. The molecule has 0 spiro atoms. The van der Waals surface area contributed by atoms with E-state index in [1.54, 1.807) is 18.3 Å². The molecule has 0 radical (unpaired) electrons. The van der Waals surface area contributed by atoms with Gasteiger partial charge in [0.25, 0.3) is 17.4 Å². The molecule has 0 saturated carbocycles. The first-order valence-corrected chi connectivity index (χ1v) is 9.86. The molecule has 1 atom stereocenters. The van der Waals surface area contributed by atoms with Crippen LogP contribution in [0.2, 0.25) is 0 Å². The molecule has 31 heavy (non-hydrogen) atoms. The summed E-state index contributed by atoms with van der Waals surface area (Å²) in [5.74, 6) is -1.92. The number of hydrogen-bond donors (Lipinski definition) is 1. The number of ether oxygens (including phenoxy) is 1. The van der Waals surface area contributed by atoms with Gasteiger partial charge in [0.05, 0.1) is 22.6 Å². The van der Waals surface area contributed by atoms with Gasteiger partial charge in [-0.1, -0.05) is 6.07 Å². The molecule has 1 unspecified atom stereocenters. The van der Waals surface area contributed by atoms with Crippen LogP contribution < -0.4 is 0 Å². The predicted molar refractivity (Wildman–Crippen MR) is 112 cm³/mol. The Morgan fingerprint density at radius 2 is 1.97 bits per heavy atom. The first-order valence-electron chi connectivity index (χ1n) is 9.86. The first-order chi connectivity index (χ1) is 14.8. The number of carbonyl (C=O) groups is 2. The van der Waals surface area contributed by atoms with Crippen LogP contribution in [0.15, 0.2) is 54.4 Å². The predicted octanol–water partition coefficient (Wildman–Crippen LogP) is 3.23. The highest BCUT2D eigenvalue weighted by Gasteiger charge is 2.45. The van der Waals surface area contributed by atoms with Crippen molar-refractivity contribution >= 4 is 23.1 Å².